The van der Waals surface area contributed by atoms with E-state index < -0.39 is 26.9 Å². The maximum absolute atomic E-state index is 13.1. The number of aromatic nitrogens is 2. The predicted octanol–water partition coefficient (Wildman–Crippen LogP) is 4.02. The number of carbonyl (C=O) groups is 1. The number of aliphatic hydroxyl groups excluding tert-OH is 1. The van der Waals surface area contributed by atoms with Gasteiger partial charge in [0.05, 0.1) is 11.0 Å². The van der Waals surface area contributed by atoms with Gasteiger partial charge in [0.15, 0.2) is 4.90 Å². The lowest BCUT2D eigenvalue weighted by Crippen LogP contribution is -2.43. The van der Waals surface area contributed by atoms with Crippen molar-refractivity contribution in [2.24, 2.45) is 11.8 Å². The van der Waals surface area contributed by atoms with Crippen LogP contribution in [0.1, 0.15) is 63.0 Å². The quantitative estimate of drug-likeness (QED) is 0.110. The number of ether oxygens (including phenoxy) is 3. The maximum atomic E-state index is 13.1. The number of hydrogen-bond donors (Lipinski definition) is 1. The summed E-state index contributed by atoms with van der Waals surface area (Å²) >= 11 is 0. The minimum atomic E-state index is -4.07. The van der Waals surface area contributed by atoms with E-state index >= 15 is 0 Å². The minimum absolute atomic E-state index is 0.0124. The Bertz CT molecular complexity index is 1730. The van der Waals surface area contributed by atoms with E-state index in [0.29, 0.717) is 30.1 Å². The van der Waals surface area contributed by atoms with Gasteiger partial charge in [-0.25, -0.2) is 8.42 Å². The molecule has 1 fully saturated rings. The molecule has 47 heavy (non-hydrogen) atoms. The summed E-state index contributed by atoms with van der Waals surface area (Å²) in [4.78, 5) is 18.1. The SMILES string of the molecule is CC#CCC(C)C(O)/C=C/C1CCC2Oc3c(CCCC(=O)OCCOc4no[n+](OC)c4S(=O)(=O)c4ccccc4)cccc3C12. The lowest BCUT2D eigenvalue weighted by atomic mass is 9.86. The molecule has 2 aliphatic rings. The summed E-state index contributed by atoms with van der Waals surface area (Å²) in [5, 5.41) is 13.8. The fourth-order valence-electron chi connectivity index (χ4n) is 6.11. The fourth-order valence-corrected chi connectivity index (χ4v) is 7.47. The first kappa shape index (κ1) is 34.0. The average Bonchev–Trinajstić information content (AvgIpc) is 3.79. The molecule has 2 aromatic carbocycles. The number of carbonyl (C=O) groups excluding carboxylic acids is 1. The summed E-state index contributed by atoms with van der Waals surface area (Å²) in [6.07, 6.45) is 7.68. The van der Waals surface area contributed by atoms with Gasteiger partial charge in [-0.2, -0.15) is 0 Å². The van der Waals surface area contributed by atoms with Gasteiger partial charge < -0.3 is 24.2 Å². The lowest BCUT2D eigenvalue weighted by Gasteiger charge is -2.17. The van der Waals surface area contributed by atoms with Crippen molar-refractivity contribution in [2.75, 3.05) is 20.3 Å². The van der Waals surface area contributed by atoms with E-state index in [0.717, 1.165) is 24.2 Å². The molecule has 3 aromatic rings. The first-order valence-electron chi connectivity index (χ1n) is 15.8. The highest BCUT2D eigenvalue weighted by molar-refractivity contribution is 7.91. The zero-order valence-electron chi connectivity index (χ0n) is 26.8. The van der Waals surface area contributed by atoms with Crippen molar-refractivity contribution < 1.29 is 46.9 Å². The Hall–Kier alpha value is -4.34. The summed E-state index contributed by atoms with van der Waals surface area (Å²) in [6.45, 7) is 3.57. The minimum Gasteiger partial charge on any atom is -0.489 e. The molecular weight excluding hydrogens is 624 g/mol. The normalized spacial score (nSPS) is 19.6. The summed E-state index contributed by atoms with van der Waals surface area (Å²) in [6, 6.07) is 14.0. The van der Waals surface area contributed by atoms with Gasteiger partial charge in [0.25, 0.3) is 9.84 Å². The Balaban J connectivity index is 1.10. The van der Waals surface area contributed by atoms with Gasteiger partial charge in [0.1, 0.15) is 32.2 Å². The third-order valence-electron chi connectivity index (χ3n) is 8.57. The Morgan fingerprint density at radius 2 is 1.98 bits per heavy atom. The zero-order chi connectivity index (χ0) is 33.4. The molecule has 1 saturated carbocycles. The maximum Gasteiger partial charge on any atom is 0.445 e. The monoisotopic (exact) mass is 665 g/mol. The molecule has 250 valence electrons. The van der Waals surface area contributed by atoms with Crippen LogP contribution in [0.15, 0.2) is 75.2 Å². The molecule has 0 bridgehead atoms. The van der Waals surface area contributed by atoms with Crippen LogP contribution in [0.5, 0.6) is 11.6 Å². The highest BCUT2D eigenvalue weighted by Gasteiger charge is 2.44. The van der Waals surface area contributed by atoms with E-state index in [2.05, 4.69) is 29.1 Å². The van der Waals surface area contributed by atoms with E-state index in [1.165, 1.54) is 24.8 Å². The molecule has 11 nitrogen and oxygen atoms in total. The largest absolute Gasteiger partial charge is 0.489 e. The smallest absolute Gasteiger partial charge is 0.445 e. The average molecular weight is 666 g/mol. The van der Waals surface area contributed by atoms with Gasteiger partial charge >= 0.3 is 16.9 Å². The number of benzene rings is 2. The van der Waals surface area contributed by atoms with Crippen LogP contribution in [0.3, 0.4) is 0 Å². The van der Waals surface area contributed by atoms with Crippen molar-refractivity contribution in [3.8, 4) is 23.5 Å². The number of esters is 1. The van der Waals surface area contributed by atoms with Crippen LogP contribution in [-0.4, -0.2) is 57.2 Å². The van der Waals surface area contributed by atoms with Crippen molar-refractivity contribution in [2.45, 2.75) is 80.4 Å². The van der Waals surface area contributed by atoms with Gasteiger partial charge in [-0.1, -0.05) is 55.5 Å². The zero-order valence-corrected chi connectivity index (χ0v) is 27.6. The molecule has 1 aromatic heterocycles. The predicted molar refractivity (Wildman–Crippen MR) is 169 cm³/mol. The molecule has 5 rings (SSSR count). The molecule has 0 radical (unpaired) electrons. The molecule has 0 amide bonds. The topological polar surface area (TPSA) is 138 Å². The Kier molecular flexibility index (Phi) is 11.2. The second-order valence-electron chi connectivity index (χ2n) is 11.7. The Morgan fingerprint density at radius 3 is 2.74 bits per heavy atom. The first-order chi connectivity index (χ1) is 22.7. The number of rotatable bonds is 15. The second-order valence-corrected chi connectivity index (χ2v) is 13.6. The van der Waals surface area contributed by atoms with E-state index in [-0.39, 0.29) is 48.3 Å². The molecule has 2 heterocycles. The van der Waals surface area contributed by atoms with Crippen LogP contribution in [0.2, 0.25) is 0 Å². The van der Waals surface area contributed by atoms with Gasteiger partial charge in [-0.05, 0) is 66.8 Å². The number of aryl methyl sites for hydroxylation is 1. The molecule has 5 atom stereocenters. The first-order valence-corrected chi connectivity index (χ1v) is 17.3. The van der Waals surface area contributed by atoms with Gasteiger partial charge in [-0.3, -0.25) is 4.79 Å². The van der Waals surface area contributed by atoms with Crippen LogP contribution < -0.4 is 19.2 Å². The summed E-state index contributed by atoms with van der Waals surface area (Å²) < 4.78 is 48.4. The highest BCUT2D eigenvalue weighted by Crippen LogP contribution is 2.52. The number of para-hydroxylation sites is 1. The molecule has 12 heteroatoms. The molecule has 1 N–H and O–H groups in total. The van der Waals surface area contributed by atoms with E-state index in [1.54, 1.807) is 18.2 Å². The molecule has 0 spiro atoms. The second kappa shape index (κ2) is 15.5. The highest BCUT2D eigenvalue weighted by atomic mass is 32.2. The van der Waals surface area contributed by atoms with Gasteiger partial charge in [-0.15, -0.1) is 11.8 Å². The van der Waals surface area contributed by atoms with Crippen molar-refractivity contribution in [1.82, 2.24) is 5.16 Å². The standard InChI is InChI=1S/C35H41N2O9S/c1-4-5-11-24(2)29(38)20-18-25-19-21-30-32(25)28-16-9-12-26(33(28)45-30)13-10-17-31(39)43-22-23-44-34-35(37(42-3)46-36-34)47(40,41)27-14-7-6-8-15-27/h6-9,12,14-16,18,20,24-25,29-30,32,38H,10-11,13,17,19,21-23H2,1-3H3/q+1/b20-18+. The molecule has 0 saturated heterocycles. The summed E-state index contributed by atoms with van der Waals surface area (Å²) in [5.41, 5.74) is 2.25. The van der Waals surface area contributed by atoms with Crippen molar-refractivity contribution in [3.63, 3.8) is 0 Å². The van der Waals surface area contributed by atoms with E-state index in [4.69, 9.17) is 23.7 Å². The van der Waals surface area contributed by atoms with Gasteiger partial charge in [0, 0.05) is 24.3 Å². The van der Waals surface area contributed by atoms with Crippen LogP contribution in [0.25, 0.3) is 0 Å². The Morgan fingerprint density at radius 1 is 1.17 bits per heavy atom. The van der Waals surface area contributed by atoms with Crippen LogP contribution in [-0.2, 0) is 25.8 Å². The summed E-state index contributed by atoms with van der Waals surface area (Å²) in [7, 11) is -2.83. The van der Waals surface area contributed by atoms with Crippen molar-refractivity contribution in [1.29, 1.82) is 0 Å². The number of fused-ring (bicyclic) bond motifs is 3. The van der Waals surface area contributed by atoms with Crippen molar-refractivity contribution in [3.05, 3.63) is 71.8 Å². The van der Waals surface area contributed by atoms with Gasteiger partial charge in [0.2, 0.25) is 5.16 Å². The van der Waals surface area contributed by atoms with E-state index in [1.807, 2.05) is 32.1 Å². The lowest BCUT2D eigenvalue weighted by molar-refractivity contribution is -1.04. The number of hydrogen-bond acceptors (Lipinski definition) is 10. The number of sulfone groups is 1. The Labute approximate surface area is 275 Å². The van der Waals surface area contributed by atoms with Crippen LogP contribution >= 0.6 is 0 Å². The molecular formula is C35H41N2O9S+. The number of aliphatic hydroxyl groups is 1. The molecule has 1 aliphatic heterocycles. The third kappa shape index (κ3) is 7.80. The van der Waals surface area contributed by atoms with E-state index in [9.17, 15) is 18.3 Å². The third-order valence-corrected chi connectivity index (χ3v) is 10.3. The van der Waals surface area contributed by atoms with Crippen molar-refractivity contribution >= 4 is 15.8 Å². The number of allylic oxidation sites excluding steroid dienone is 1. The summed E-state index contributed by atoms with van der Waals surface area (Å²) in [5.74, 6) is 6.75. The molecule has 1 aliphatic carbocycles. The van der Waals surface area contributed by atoms with Crippen LogP contribution in [0.4, 0.5) is 0 Å². The number of nitrogens with zero attached hydrogens (tertiary/aromatic N) is 2. The molecule has 5 unspecified atom stereocenters. The van der Waals surface area contributed by atoms with Crippen LogP contribution in [0, 0.1) is 23.7 Å². The fraction of sp³-hybridized carbons (Fsp3) is 0.457.